The molecule has 3 nitrogen and oxygen atoms in total. The van der Waals surface area contributed by atoms with E-state index in [4.69, 9.17) is 4.74 Å². The van der Waals surface area contributed by atoms with Gasteiger partial charge in [0, 0.05) is 0 Å². The van der Waals surface area contributed by atoms with E-state index in [0.717, 1.165) is 28.7 Å². The number of ketones is 2. The summed E-state index contributed by atoms with van der Waals surface area (Å²) in [7, 11) is 0. The molecule has 2 aliphatic rings. The molecule has 134 valence electrons. The molecule has 0 spiro atoms. The highest BCUT2D eigenvalue weighted by molar-refractivity contribution is 6.15. The third-order valence-electron chi connectivity index (χ3n) is 5.69. The van der Waals surface area contributed by atoms with Crippen molar-refractivity contribution in [1.29, 1.82) is 0 Å². The standard InChI is InChI=1S/C22H21FO3/c1-3-13-4-5-15(14-6-8-16(23)9-7-14)12-17(13)19-20(24)18-10-11-22(2,26-18)21(19)25/h4-9,12,18-19H,3,10-11H2,1-2H3/t18-,19?,22+/m0/s1. The normalized spacial score (nSPS) is 27.8. The number of carbonyl (C=O) groups excluding carboxylic acids is 2. The van der Waals surface area contributed by atoms with E-state index in [9.17, 15) is 14.0 Å². The zero-order valence-electron chi connectivity index (χ0n) is 14.9. The first-order valence-electron chi connectivity index (χ1n) is 9.07. The minimum Gasteiger partial charge on any atom is -0.356 e. The molecular weight excluding hydrogens is 331 g/mol. The fraction of sp³-hybridized carbons (Fsp3) is 0.364. The molecule has 1 unspecified atom stereocenters. The average Bonchev–Trinajstić information content (AvgIpc) is 3.02. The molecule has 0 saturated carbocycles. The van der Waals surface area contributed by atoms with Gasteiger partial charge < -0.3 is 4.74 Å². The second-order valence-electron chi connectivity index (χ2n) is 7.35. The van der Waals surface area contributed by atoms with Gasteiger partial charge in [0.25, 0.3) is 0 Å². The van der Waals surface area contributed by atoms with Crippen LogP contribution < -0.4 is 0 Å². The van der Waals surface area contributed by atoms with Crippen LogP contribution in [-0.2, 0) is 20.7 Å². The summed E-state index contributed by atoms with van der Waals surface area (Å²) in [6.07, 6.45) is 1.45. The van der Waals surface area contributed by atoms with Crippen LogP contribution in [-0.4, -0.2) is 23.3 Å². The molecule has 4 rings (SSSR count). The molecule has 0 amide bonds. The van der Waals surface area contributed by atoms with E-state index in [0.29, 0.717) is 12.8 Å². The third kappa shape index (κ3) is 2.60. The molecule has 4 heteroatoms. The lowest BCUT2D eigenvalue weighted by Gasteiger charge is -2.34. The summed E-state index contributed by atoms with van der Waals surface area (Å²) < 4.78 is 18.9. The summed E-state index contributed by atoms with van der Waals surface area (Å²) in [6.45, 7) is 3.81. The topological polar surface area (TPSA) is 43.4 Å². The van der Waals surface area contributed by atoms with Crippen LogP contribution in [0.4, 0.5) is 4.39 Å². The van der Waals surface area contributed by atoms with Crippen LogP contribution in [0.3, 0.4) is 0 Å². The number of benzene rings is 2. The Labute approximate surface area is 152 Å². The highest BCUT2D eigenvalue weighted by Gasteiger charge is 2.55. The number of aryl methyl sites for hydroxylation is 1. The Bertz CT molecular complexity index is 887. The van der Waals surface area contributed by atoms with Crippen molar-refractivity contribution < 1.29 is 18.7 Å². The minimum absolute atomic E-state index is 0.129. The Hall–Kier alpha value is -2.33. The molecule has 2 aromatic rings. The Morgan fingerprint density at radius 3 is 2.50 bits per heavy atom. The molecular formula is C22H21FO3. The van der Waals surface area contributed by atoms with Gasteiger partial charge in [-0.15, -0.1) is 0 Å². The Morgan fingerprint density at radius 1 is 1.12 bits per heavy atom. The summed E-state index contributed by atoms with van der Waals surface area (Å²) >= 11 is 0. The van der Waals surface area contributed by atoms with E-state index >= 15 is 0 Å². The lowest BCUT2D eigenvalue weighted by Crippen LogP contribution is -2.49. The fourth-order valence-electron chi connectivity index (χ4n) is 4.14. The van der Waals surface area contributed by atoms with Gasteiger partial charge in [-0.3, -0.25) is 9.59 Å². The predicted molar refractivity (Wildman–Crippen MR) is 96.5 cm³/mol. The number of hydrogen-bond acceptors (Lipinski definition) is 3. The molecule has 2 saturated heterocycles. The summed E-state index contributed by atoms with van der Waals surface area (Å²) in [5.41, 5.74) is 2.64. The van der Waals surface area contributed by atoms with Crippen LogP contribution in [0.5, 0.6) is 0 Å². The van der Waals surface area contributed by atoms with Crippen molar-refractivity contribution in [3.8, 4) is 11.1 Å². The lowest BCUT2D eigenvalue weighted by atomic mass is 9.78. The summed E-state index contributed by atoms with van der Waals surface area (Å²) in [5, 5.41) is 0. The zero-order chi connectivity index (χ0) is 18.5. The first kappa shape index (κ1) is 17.1. The molecule has 26 heavy (non-hydrogen) atoms. The SMILES string of the molecule is CCc1ccc(-c2ccc(F)cc2)cc1C1C(=O)[C@@H]2CC[C@@](C)(O2)C1=O. The molecule has 2 aromatic carbocycles. The largest absolute Gasteiger partial charge is 0.356 e. The maximum atomic E-state index is 13.2. The highest BCUT2D eigenvalue weighted by atomic mass is 19.1. The van der Waals surface area contributed by atoms with Gasteiger partial charge in [0.1, 0.15) is 23.4 Å². The predicted octanol–water partition coefficient (Wildman–Crippen LogP) is 4.23. The second kappa shape index (κ2) is 6.13. The van der Waals surface area contributed by atoms with Crippen LogP contribution in [0, 0.1) is 5.82 Å². The lowest BCUT2D eigenvalue weighted by molar-refractivity contribution is -0.160. The second-order valence-corrected chi connectivity index (χ2v) is 7.35. The first-order valence-corrected chi connectivity index (χ1v) is 9.07. The number of halogens is 1. The van der Waals surface area contributed by atoms with Crippen molar-refractivity contribution in [2.45, 2.75) is 50.7 Å². The summed E-state index contributed by atoms with van der Waals surface area (Å²) in [4.78, 5) is 26.0. The molecule has 2 fully saturated rings. The van der Waals surface area contributed by atoms with Gasteiger partial charge in [-0.1, -0.05) is 31.2 Å². The van der Waals surface area contributed by atoms with Gasteiger partial charge in [0.2, 0.25) is 0 Å². The van der Waals surface area contributed by atoms with Crippen LogP contribution in [0.2, 0.25) is 0 Å². The minimum atomic E-state index is -0.861. The van der Waals surface area contributed by atoms with Crippen LogP contribution in [0.15, 0.2) is 42.5 Å². The van der Waals surface area contributed by atoms with Gasteiger partial charge in [0.15, 0.2) is 11.6 Å². The summed E-state index contributed by atoms with van der Waals surface area (Å²) in [5.74, 6) is -1.33. The van der Waals surface area contributed by atoms with Crippen molar-refractivity contribution in [2.75, 3.05) is 0 Å². The van der Waals surface area contributed by atoms with Gasteiger partial charge in [-0.05, 0) is 66.6 Å². The Balaban J connectivity index is 1.82. The number of rotatable bonds is 3. The quantitative estimate of drug-likeness (QED) is 0.777. The molecule has 2 bridgehead atoms. The molecule has 0 aliphatic carbocycles. The number of Topliss-reactive ketones (excluding diaryl/α,β-unsaturated/α-hetero) is 2. The first-order chi connectivity index (χ1) is 12.4. The monoisotopic (exact) mass is 352 g/mol. The van der Waals surface area contributed by atoms with Crippen molar-refractivity contribution in [3.63, 3.8) is 0 Å². The smallest absolute Gasteiger partial charge is 0.179 e. The van der Waals surface area contributed by atoms with E-state index in [1.54, 1.807) is 19.1 Å². The van der Waals surface area contributed by atoms with Gasteiger partial charge in [0.05, 0.1) is 0 Å². The zero-order valence-corrected chi connectivity index (χ0v) is 14.9. The van der Waals surface area contributed by atoms with Crippen molar-refractivity contribution in [3.05, 3.63) is 59.4 Å². The third-order valence-corrected chi connectivity index (χ3v) is 5.69. The molecule has 3 atom stereocenters. The van der Waals surface area contributed by atoms with Crippen molar-refractivity contribution in [2.24, 2.45) is 0 Å². The highest BCUT2D eigenvalue weighted by Crippen LogP contribution is 2.44. The van der Waals surface area contributed by atoms with E-state index in [1.165, 1.54) is 12.1 Å². The molecule has 2 aliphatic heterocycles. The van der Waals surface area contributed by atoms with Crippen LogP contribution in [0.1, 0.15) is 43.7 Å². The van der Waals surface area contributed by atoms with Gasteiger partial charge in [-0.2, -0.15) is 0 Å². The van der Waals surface area contributed by atoms with E-state index in [-0.39, 0.29) is 17.4 Å². The molecule has 0 aromatic heterocycles. The van der Waals surface area contributed by atoms with E-state index in [1.807, 2.05) is 25.1 Å². The number of hydrogen-bond donors (Lipinski definition) is 0. The molecule has 0 radical (unpaired) electrons. The van der Waals surface area contributed by atoms with Gasteiger partial charge >= 0.3 is 0 Å². The summed E-state index contributed by atoms with van der Waals surface area (Å²) in [6, 6.07) is 12.1. The number of fused-ring (bicyclic) bond motifs is 2. The van der Waals surface area contributed by atoms with Gasteiger partial charge in [-0.25, -0.2) is 4.39 Å². The number of carbonyl (C=O) groups is 2. The van der Waals surface area contributed by atoms with Crippen molar-refractivity contribution in [1.82, 2.24) is 0 Å². The molecule has 2 heterocycles. The molecule has 0 N–H and O–H groups in total. The Kier molecular flexibility index (Phi) is 4.03. The number of ether oxygens (including phenoxy) is 1. The van der Waals surface area contributed by atoms with Crippen LogP contribution in [0.25, 0.3) is 11.1 Å². The van der Waals surface area contributed by atoms with Crippen molar-refractivity contribution >= 4 is 11.6 Å². The average molecular weight is 352 g/mol. The van der Waals surface area contributed by atoms with E-state index in [2.05, 4.69) is 0 Å². The van der Waals surface area contributed by atoms with Crippen LogP contribution >= 0.6 is 0 Å². The Morgan fingerprint density at radius 2 is 1.81 bits per heavy atom. The maximum Gasteiger partial charge on any atom is 0.179 e. The maximum absolute atomic E-state index is 13.2. The fourth-order valence-corrected chi connectivity index (χ4v) is 4.14. The van der Waals surface area contributed by atoms with E-state index < -0.39 is 17.6 Å².